The Hall–Kier alpha value is -3.20. The van der Waals surface area contributed by atoms with Crippen molar-refractivity contribution in [2.45, 2.75) is 5.75 Å². The van der Waals surface area contributed by atoms with E-state index in [1.54, 1.807) is 30.5 Å². The Morgan fingerprint density at radius 3 is 2.29 bits per heavy atom. The van der Waals surface area contributed by atoms with E-state index in [2.05, 4.69) is 20.2 Å². The molecule has 2 aromatic carbocycles. The second kappa shape index (κ2) is 8.22. The molecule has 3 rings (SSSR count). The van der Waals surface area contributed by atoms with Gasteiger partial charge in [-0.1, -0.05) is 12.1 Å². The van der Waals surface area contributed by atoms with E-state index < -0.39 is 15.8 Å². The third kappa shape index (κ3) is 5.40. The Balaban J connectivity index is 1.65. The molecule has 0 fully saturated rings. The summed E-state index contributed by atoms with van der Waals surface area (Å²) in [4.78, 5) is 1.92. The summed E-state index contributed by atoms with van der Waals surface area (Å²) in [5, 5.41) is 11.1. The predicted octanol–water partition coefficient (Wildman–Crippen LogP) is 3.37. The lowest BCUT2D eigenvalue weighted by Crippen LogP contribution is -2.15. The number of nitrogens with one attached hydrogen (secondary N) is 2. The maximum atomic E-state index is 12.9. The Kier molecular flexibility index (Phi) is 5.74. The molecule has 3 aromatic rings. The van der Waals surface area contributed by atoms with E-state index in [9.17, 15) is 12.8 Å². The molecule has 28 heavy (non-hydrogen) atoms. The Labute approximate surface area is 163 Å². The summed E-state index contributed by atoms with van der Waals surface area (Å²) in [6.07, 6.45) is 1.66. The Morgan fingerprint density at radius 2 is 1.64 bits per heavy atom. The Morgan fingerprint density at radius 1 is 1.00 bits per heavy atom. The second-order valence-corrected chi connectivity index (χ2v) is 8.11. The highest BCUT2D eigenvalue weighted by atomic mass is 32.2. The van der Waals surface area contributed by atoms with Gasteiger partial charge in [0.1, 0.15) is 5.82 Å². The number of halogens is 1. The number of sulfonamides is 1. The lowest BCUT2D eigenvalue weighted by Gasteiger charge is -2.13. The molecule has 0 saturated heterocycles. The first kappa shape index (κ1) is 19.6. The van der Waals surface area contributed by atoms with E-state index in [1.807, 2.05) is 25.1 Å². The molecule has 0 bridgehead atoms. The van der Waals surface area contributed by atoms with Crippen molar-refractivity contribution < 1.29 is 12.8 Å². The van der Waals surface area contributed by atoms with Crippen LogP contribution in [-0.2, 0) is 15.8 Å². The van der Waals surface area contributed by atoms with Crippen molar-refractivity contribution in [3.05, 3.63) is 72.2 Å². The molecule has 0 aliphatic carbocycles. The smallest absolute Gasteiger partial charge is 0.236 e. The summed E-state index contributed by atoms with van der Waals surface area (Å²) >= 11 is 0. The summed E-state index contributed by atoms with van der Waals surface area (Å²) in [6, 6.07) is 14.0. The molecule has 0 radical (unpaired) electrons. The predicted molar refractivity (Wildman–Crippen MR) is 109 cm³/mol. The first-order valence-electron chi connectivity index (χ1n) is 8.43. The van der Waals surface area contributed by atoms with Gasteiger partial charge in [0.2, 0.25) is 10.0 Å². The van der Waals surface area contributed by atoms with Crippen LogP contribution in [0, 0.1) is 5.82 Å². The molecule has 0 atom stereocenters. The summed E-state index contributed by atoms with van der Waals surface area (Å²) < 4.78 is 40.0. The lowest BCUT2D eigenvalue weighted by molar-refractivity contribution is 0.600. The maximum Gasteiger partial charge on any atom is 0.236 e. The van der Waals surface area contributed by atoms with Crippen molar-refractivity contribution in [3.8, 4) is 0 Å². The summed E-state index contributed by atoms with van der Waals surface area (Å²) in [5.74, 6) is -0.0611. The SMILES string of the molecule is CN(C)c1cnnc(Nc2ccc(NS(=O)(=O)Cc3ccc(F)cc3)cc2)c1. The monoisotopic (exact) mass is 401 g/mol. The zero-order valence-electron chi connectivity index (χ0n) is 15.4. The minimum Gasteiger partial charge on any atom is -0.376 e. The number of aromatic nitrogens is 2. The van der Waals surface area contributed by atoms with E-state index in [1.165, 1.54) is 24.3 Å². The first-order valence-corrected chi connectivity index (χ1v) is 10.1. The summed E-state index contributed by atoms with van der Waals surface area (Å²) in [7, 11) is 0.213. The zero-order chi connectivity index (χ0) is 20.1. The van der Waals surface area contributed by atoms with Crippen molar-refractivity contribution in [1.29, 1.82) is 0 Å². The van der Waals surface area contributed by atoms with Gasteiger partial charge >= 0.3 is 0 Å². The van der Waals surface area contributed by atoms with E-state index in [-0.39, 0.29) is 5.75 Å². The molecular formula is C19H20FN5O2S. The first-order chi connectivity index (χ1) is 13.3. The van der Waals surface area contributed by atoms with Gasteiger partial charge in [0.15, 0.2) is 5.82 Å². The van der Waals surface area contributed by atoms with E-state index in [0.717, 1.165) is 11.4 Å². The van der Waals surface area contributed by atoms with Gasteiger partial charge in [0, 0.05) is 31.5 Å². The highest BCUT2D eigenvalue weighted by Crippen LogP contribution is 2.21. The van der Waals surface area contributed by atoms with Crippen LogP contribution in [0.25, 0.3) is 0 Å². The van der Waals surface area contributed by atoms with Crippen LogP contribution in [0.2, 0.25) is 0 Å². The van der Waals surface area contributed by atoms with Crippen LogP contribution < -0.4 is 14.9 Å². The number of hydrogen-bond acceptors (Lipinski definition) is 6. The van der Waals surface area contributed by atoms with Gasteiger partial charge in [-0.3, -0.25) is 4.72 Å². The molecule has 0 saturated carbocycles. The molecule has 146 valence electrons. The van der Waals surface area contributed by atoms with E-state index in [4.69, 9.17) is 0 Å². The molecule has 9 heteroatoms. The van der Waals surface area contributed by atoms with Crippen molar-refractivity contribution in [2.24, 2.45) is 0 Å². The van der Waals surface area contributed by atoms with Crippen LogP contribution in [-0.4, -0.2) is 32.7 Å². The van der Waals surface area contributed by atoms with E-state index in [0.29, 0.717) is 17.1 Å². The van der Waals surface area contributed by atoms with Crippen molar-refractivity contribution >= 4 is 32.9 Å². The summed E-state index contributed by atoms with van der Waals surface area (Å²) in [6.45, 7) is 0. The van der Waals surface area contributed by atoms with Crippen molar-refractivity contribution in [3.63, 3.8) is 0 Å². The normalized spacial score (nSPS) is 11.1. The molecule has 0 amide bonds. The minimum atomic E-state index is -3.61. The quantitative estimate of drug-likeness (QED) is 0.631. The third-order valence-electron chi connectivity index (χ3n) is 3.86. The summed E-state index contributed by atoms with van der Waals surface area (Å²) in [5.41, 5.74) is 2.58. The standard InChI is InChI=1S/C19H20FN5O2S/c1-25(2)18-11-19(23-21-12-18)22-16-7-9-17(10-8-16)24-28(26,27)13-14-3-5-15(20)6-4-14/h3-12,24H,13H2,1-2H3,(H,22,23). The van der Waals surface area contributed by atoms with Gasteiger partial charge in [-0.2, -0.15) is 5.10 Å². The van der Waals surface area contributed by atoms with Crippen LogP contribution in [0.3, 0.4) is 0 Å². The fourth-order valence-corrected chi connectivity index (χ4v) is 3.65. The van der Waals surface area contributed by atoms with Gasteiger partial charge in [-0.25, -0.2) is 12.8 Å². The second-order valence-electron chi connectivity index (χ2n) is 6.38. The molecule has 7 nitrogen and oxygen atoms in total. The van der Waals surface area contributed by atoms with Crippen LogP contribution in [0.5, 0.6) is 0 Å². The largest absolute Gasteiger partial charge is 0.376 e. The van der Waals surface area contributed by atoms with Gasteiger partial charge < -0.3 is 10.2 Å². The lowest BCUT2D eigenvalue weighted by atomic mass is 10.2. The molecular weight excluding hydrogens is 381 g/mol. The number of nitrogens with zero attached hydrogens (tertiary/aromatic N) is 3. The van der Waals surface area contributed by atoms with Crippen LogP contribution >= 0.6 is 0 Å². The molecule has 0 aliphatic heterocycles. The van der Waals surface area contributed by atoms with Gasteiger partial charge in [0.25, 0.3) is 0 Å². The fraction of sp³-hybridized carbons (Fsp3) is 0.158. The van der Waals surface area contributed by atoms with Gasteiger partial charge in [-0.05, 0) is 42.0 Å². The molecule has 2 N–H and O–H groups in total. The van der Waals surface area contributed by atoms with Gasteiger partial charge in [0.05, 0.1) is 17.6 Å². The topological polar surface area (TPSA) is 87.2 Å². The molecule has 1 heterocycles. The highest BCUT2D eigenvalue weighted by Gasteiger charge is 2.12. The van der Waals surface area contributed by atoms with Gasteiger partial charge in [-0.15, -0.1) is 5.10 Å². The third-order valence-corrected chi connectivity index (χ3v) is 5.12. The zero-order valence-corrected chi connectivity index (χ0v) is 16.2. The number of hydrogen-bond donors (Lipinski definition) is 2. The molecule has 0 aliphatic rings. The molecule has 0 unspecified atom stereocenters. The molecule has 1 aromatic heterocycles. The number of anilines is 4. The molecule has 0 spiro atoms. The average Bonchev–Trinajstić information content (AvgIpc) is 2.65. The average molecular weight is 401 g/mol. The number of benzene rings is 2. The van der Waals surface area contributed by atoms with Crippen molar-refractivity contribution in [1.82, 2.24) is 10.2 Å². The number of rotatable bonds is 7. The van der Waals surface area contributed by atoms with E-state index >= 15 is 0 Å². The minimum absolute atomic E-state index is 0.236. The van der Waals surface area contributed by atoms with Crippen LogP contribution in [0.4, 0.5) is 27.3 Å². The fourth-order valence-electron chi connectivity index (χ4n) is 2.45. The van der Waals surface area contributed by atoms with Crippen LogP contribution in [0.15, 0.2) is 60.8 Å². The van der Waals surface area contributed by atoms with Crippen molar-refractivity contribution in [2.75, 3.05) is 29.0 Å². The Bertz CT molecular complexity index is 1040. The maximum absolute atomic E-state index is 12.9. The highest BCUT2D eigenvalue weighted by molar-refractivity contribution is 7.91. The van der Waals surface area contributed by atoms with Crippen LogP contribution in [0.1, 0.15) is 5.56 Å².